The molecule has 3 atom stereocenters. The molecule has 3 N–H and O–H groups in total. The maximum absolute atomic E-state index is 13.2. The first kappa shape index (κ1) is 59.1. The minimum atomic E-state index is -0.790. The van der Waals surface area contributed by atoms with Crippen LogP contribution in [0.25, 0.3) is 0 Å². The largest absolute Gasteiger partial charge is 0.462 e. The Balaban J connectivity index is 4.57. The lowest BCUT2D eigenvalue weighted by Crippen LogP contribution is -2.46. The van der Waals surface area contributed by atoms with Crippen LogP contribution < -0.4 is 5.32 Å². The van der Waals surface area contributed by atoms with Crippen LogP contribution >= 0.6 is 0 Å². The summed E-state index contributed by atoms with van der Waals surface area (Å²) in [5.74, 6) is -0.491. The smallest absolute Gasteiger partial charge is 0.306 e. The molecule has 0 heterocycles. The molecule has 358 valence electrons. The standard InChI is InChI=1S/C55H103NO5/c1-4-7-10-13-16-19-21-23-25-26-27-29-31-33-36-39-42-45-48-55(60)61-51(46-43-40-37-35-32-30-28-24-22-20-17-14-11-8-5-2)49-54(59)56-52(50-57)53(58)47-44-41-38-34-18-15-12-9-6-3/h24-29,51-53,57-58H,4-23,30-50H2,1-3H3,(H,56,59)/b26-25+,28-24+,29-27+. The number of hydrogen-bond acceptors (Lipinski definition) is 5. The molecule has 0 bridgehead atoms. The Morgan fingerprint density at radius 2 is 0.836 bits per heavy atom. The molecule has 0 rings (SSSR count). The van der Waals surface area contributed by atoms with Gasteiger partial charge in [0.2, 0.25) is 5.91 Å². The van der Waals surface area contributed by atoms with Gasteiger partial charge < -0.3 is 20.3 Å². The van der Waals surface area contributed by atoms with E-state index in [4.69, 9.17) is 4.74 Å². The van der Waals surface area contributed by atoms with E-state index in [2.05, 4.69) is 62.5 Å². The number of rotatable bonds is 48. The summed E-state index contributed by atoms with van der Waals surface area (Å²) < 4.78 is 5.93. The van der Waals surface area contributed by atoms with Gasteiger partial charge in [0.05, 0.1) is 25.2 Å². The van der Waals surface area contributed by atoms with Crippen molar-refractivity contribution in [2.45, 2.75) is 296 Å². The van der Waals surface area contributed by atoms with E-state index < -0.39 is 18.2 Å². The van der Waals surface area contributed by atoms with E-state index in [1.165, 1.54) is 154 Å². The highest BCUT2D eigenvalue weighted by atomic mass is 16.5. The molecule has 0 spiro atoms. The number of esters is 1. The van der Waals surface area contributed by atoms with E-state index in [0.717, 1.165) is 77.0 Å². The van der Waals surface area contributed by atoms with E-state index >= 15 is 0 Å². The van der Waals surface area contributed by atoms with Crippen molar-refractivity contribution >= 4 is 11.9 Å². The second-order valence-corrected chi connectivity index (χ2v) is 18.3. The van der Waals surface area contributed by atoms with Crippen molar-refractivity contribution in [3.05, 3.63) is 36.5 Å². The van der Waals surface area contributed by atoms with Gasteiger partial charge in [0, 0.05) is 6.42 Å². The van der Waals surface area contributed by atoms with Gasteiger partial charge in [-0.1, -0.05) is 224 Å². The number of amides is 1. The molecule has 6 heteroatoms. The molecule has 0 aromatic heterocycles. The summed E-state index contributed by atoms with van der Waals surface area (Å²) in [5.41, 5.74) is 0. The average Bonchev–Trinajstić information content (AvgIpc) is 3.25. The van der Waals surface area contributed by atoms with Gasteiger partial charge in [-0.3, -0.25) is 9.59 Å². The third kappa shape index (κ3) is 44.5. The highest BCUT2D eigenvalue weighted by Crippen LogP contribution is 2.18. The molecular weight excluding hydrogens is 755 g/mol. The number of aliphatic hydroxyl groups is 2. The predicted molar refractivity (Wildman–Crippen MR) is 264 cm³/mol. The zero-order valence-electron chi connectivity index (χ0n) is 40.8. The summed E-state index contributed by atoms with van der Waals surface area (Å²) in [6.45, 7) is 6.46. The molecular formula is C55H103NO5. The van der Waals surface area contributed by atoms with Gasteiger partial charge in [0.1, 0.15) is 6.10 Å². The van der Waals surface area contributed by atoms with Gasteiger partial charge in [0.15, 0.2) is 0 Å². The van der Waals surface area contributed by atoms with Crippen molar-refractivity contribution in [3.8, 4) is 0 Å². The SMILES string of the molecule is CCCCCCCC/C=C/CCCCCCCC(CC(=O)NC(CO)C(O)CCCCCCCCCCC)OC(=O)CCCCCCC/C=C/C=C/CCCCCCCCC. The van der Waals surface area contributed by atoms with Gasteiger partial charge in [-0.2, -0.15) is 0 Å². The minimum Gasteiger partial charge on any atom is -0.462 e. The zero-order valence-corrected chi connectivity index (χ0v) is 40.8. The third-order valence-corrected chi connectivity index (χ3v) is 12.2. The van der Waals surface area contributed by atoms with Crippen LogP contribution in [0.3, 0.4) is 0 Å². The topological polar surface area (TPSA) is 95.9 Å². The normalized spacial score (nSPS) is 13.5. The van der Waals surface area contributed by atoms with Crippen LogP contribution in [0.1, 0.15) is 278 Å². The number of allylic oxidation sites excluding steroid dienone is 6. The summed E-state index contributed by atoms with van der Waals surface area (Å²) in [5, 5.41) is 23.7. The lowest BCUT2D eigenvalue weighted by molar-refractivity contribution is -0.151. The Hall–Kier alpha value is -1.92. The minimum absolute atomic E-state index is 0.0677. The summed E-state index contributed by atoms with van der Waals surface area (Å²) in [6, 6.07) is -0.704. The summed E-state index contributed by atoms with van der Waals surface area (Å²) >= 11 is 0. The average molecular weight is 858 g/mol. The Morgan fingerprint density at radius 1 is 0.475 bits per heavy atom. The summed E-state index contributed by atoms with van der Waals surface area (Å²) in [6.07, 6.45) is 57.8. The van der Waals surface area contributed by atoms with Gasteiger partial charge in [-0.05, 0) is 77.0 Å². The van der Waals surface area contributed by atoms with E-state index in [9.17, 15) is 19.8 Å². The quantitative estimate of drug-likeness (QED) is 0.0245. The fraction of sp³-hybridized carbons (Fsp3) is 0.855. The predicted octanol–water partition coefficient (Wildman–Crippen LogP) is 16.1. The maximum Gasteiger partial charge on any atom is 0.306 e. The van der Waals surface area contributed by atoms with Crippen LogP contribution in [0.15, 0.2) is 36.5 Å². The zero-order chi connectivity index (χ0) is 44.5. The molecule has 0 aliphatic carbocycles. The Morgan fingerprint density at radius 3 is 1.26 bits per heavy atom. The molecule has 61 heavy (non-hydrogen) atoms. The van der Waals surface area contributed by atoms with Crippen LogP contribution in [0, 0.1) is 0 Å². The van der Waals surface area contributed by atoms with Crippen molar-refractivity contribution < 1.29 is 24.5 Å². The molecule has 0 fully saturated rings. The van der Waals surface area contributed by atoms with E-state index in [-0.39, 0.29) is 24.9 Å². The number of nitrogens with one attached hydrogen (secondary N) is 1. The fourth-order valence-electron chi connectivity index (χ4n) is 8.12. The molecule has 0 aromatic carbocycles. The third-order valence-electron chi connectivity index (χ3n) is 12.2. The molecule has 0 aromatic rings. The number of aliphatic hydroxyl groups excluding tert-OH is 2. The number of ether oxygens (including phenoxy) is 1. The van der Waals surface area contributed by atoms with E-state index in [0.29, 0.717) is 19.3 Å². The number of hydrogen-bond donors (Lipinski definition) is 3. The Labute approximate surface area is 379 Å². The van der Waals surface area contributed by atoms with Crippen molar-refractivity contribution in [1.82, 2.24) is 5.32 Å². The summed E-state index contributed by atoms with van der Waals surface area (Å²) in [4.78, 5) is 26.1. The number of carbonyl (C=O) groups is 2. The van der Waals surface area contributed by atoms with Crippen molar-refractivity contribution in [3.63, 3.8) is 0 Å². The van der Waals surface area contributed by atoms with Crippen LogP contribution in [-0.2, 0) is 14.3 Å². The fourth-order valence-corrected chi connectivity index (χ4v) is 8.12. The summed E-state index contributed by atoms with van der Waals surface area (Å²) in [7, 11) is 0. The maximum atomic E-state index is 13.2. The first-order chi connectivity index (χ1) is 30.0. The Bertz CT molecular complexity index is 1010. The first-order valence-corrected chi connectivity index (χ1v) is 26.7. The van der Waals surface area contributed by atoms with Gasteiger partial charge in [-0.15, -0.1) is 0 Å². The van der Waals surface area contributed by atoms with Crippen molar-refractivity contribution in [2.24, 2.45) is 0 Å². The molecule has 0 radical (unpaired) electrons. The number of carbonyl (C=O) groups excluding carboxylic acids is 2. The highest BCUT2D eigenvalue weighted by Gasteiger charge is 2.24. The van der Waals surface area contributed by atoms with Gasteiger partial charge in [-0.25, -0.2) is 0 Å². The molecule has 3 unspecified atom stereocenters. The molecule has 0 aliphatic rings. The van der Waals surface area contributed by atoms with Crippen LogP contribution in [0.5, 0.6) is 0 Å². The first-order valence-electron chi connectivity index (χ1n) is 26.7. The van der Waals surface area contributed by atoms with E-state index in [1.807, 2.05) is 0 Å². The van der Waals surface area contributed by atoms with Crippen LogP contribution in [0.2, 0.25) is 0 Å². The molecule has 0 aliphatic heterocycles. The lowest BCUT2D eigenvalue weighted by Gasteiger charge is -2.24. The number of unbranched alkanes of at least 4 members (excludes halogenated alkanes) is 31. The van der Waals surface area contributed by atoms with Gasteiger partial charge in [0.25, 0.3) is 0 Å². The highest BCUT2D eigenvalue weighted by molar-refractivity contribution is 5.77. The second-order valence-electron chi connectivity index (χ2n) is 18.3. The van der Waals surface area contributed by atoms with E-state index in [1.54, 1.807) is 0 Å². The van der Waals surface area contributed by atoms with Crippen LogP contribution in [0.4, 0.5) is 0 Å². The molecule has 0 saturated heterocycles. The van der Waals surface area contributed by atoms with Gasteiger partial charge >= 0.3 is 5.97 Å². The molecule has 6 nitrogen and oxygen atoms in total. The monoisotopic (exact) mass is 858 g/mol. The van der Waals surface area contributed by atoms with Crippen molar-refractivity contribution in [2.75, 3.05) is 6.61 Å². The lowest BCUT2D eigenvalue weighted by atomic mass is 10.0. The molecule has 0 saturated carbocycles. The van der Waals surface area contributed by atoms with Crippen LogP contribution in [-0.4, -0.2) is 46.9 Å². The second kappa shape index (κ2) is 49.1. The van der Waals surface area contributed by atoms with Crippen molar-refractivity contribution in [1.29, 1.82) is 0 Å². The Kier molecular flexibility index (Phi) is 47.6. The molecule has 1 amide bonds.